The highest BCUT2D eigenvalue weighted by atomic mass is 32.1. The van der Waals surface area contributed by atoms with Gasteiger partial charge in [0, 0.05) is 27.8 Å². The molecule has 10 heteroatoms. The largest absolute Gasteiger partial charge is 0.458 e. The molecule has 4 aromatic rings. The molecule has 2 aromatic carbocycles. The van der Waals surface area contributed by atoms with E-state index in [0.29, 0.717) is 16.5 Å². The van der Waals surface area contributed by atoms with Crippen molar-refractivity contribution in [1.29, 1.82) is 0 Å². The van der Waals surface area contributed by atoms with Crippen LogP contribution in [0.25, 0.3) is 22.3 Å². The Morgan fingerprint density at radius 1 is 1.21 bits per heavy atom. The molecule has 0 saturated heterocycles. The minimum atomic E-state index is -1.88. The molecule has 6 rings (SSSR count). The number of hydrogen-bond acceptors (Lipinski definition) is 7. The van der Waals surface area contributed by atoms with Gasteiger partial charge >= 0.3 is 5.97 Å². The molecule has 196 valence electrons. The van der Waals surface area contributed by atoms with Crippen molar-refractivity contribution in [3.05, 3.63) is 92.8 Å². The summed E-state index contributed by atoms with van der Waals surface area (Å²) in [6, 6.07) is 17.2. The van der Waals surface area contributed by atoms with E-state index in [1.165, 1.54) is 0 Å². The second-order valence-corrected chi connectivity index (χ2v) is 10.1. The lowest BCUT2D eigenvalue weighted by Gasteiger charge is -2.31. The first-order chi connectivity index (χ1) is 18.8. The van der Waals surface area contributed by atoms with Gasteiger partial charge in [-0.25, -0.2) is 9.78 Å². The number of pyridine rings is 2. The predicted molar refractivity (Wildman–Crippen MR) is 153 cm³/mol. The third-order valence-electron chi connectivity index (χ3n) is 7.31. The van der Waals surface area contributed by atoms with Gasteiger partial charge in [-0.2, -0.15) is 5.10 Å². The van der Waals surface area contributed by atoms with Gasteiger partial charge in [0.25, 0.3) is 5.56 Å². The van der Waals surface area contributed by atoms with Crippen molar-refractivity contribution in [3.8, 4) is 11.4 Å². The molecule has 0 amide bonds. The van der Waals surface area contributed by atoms with Crippen LogP contribution in [0.3, 0.4) is 0 Å². The second kappa shape index (κ2) is 9.40. The summed E-state index contributed by atoms with van der Waals surface area (Å²) in [4.78, 5) is 30.9. The molecular weight excluding hydrogens is 514 g/mol. The average molecular weight is 540 g/mol. The molecule has 0 saturated carbocycles. The number of para-hydroxylation sites is 1. The van der Waals surface area contributed by atoms with E-state index >= 15 is 0 Å². The Labute approximate surface area is 229 Å². The van der Waals surface area contributed by atoms with Crippen LogP contribution in [0.5, 0.6) is 0 Å². The summed E-state index contributed by atoms with van der Waals surface area (Å²) in [6.45, 7) is 3.78. The second-order valence-electron chi connectivity index (χ2n) is 9.66. The van der Waals surface area contributed by atoms with E-state index in [2.05, 4.69) is 15.8 Å². The first-order valence-corrected chi connectivity index (χ1v) is 13.0. The van der Waals surface area contributed by atoms with Crippen LogP contribution >= 0.6 is 12.2 Å². The third-order valence-corrected chi connectivity index (χ3v) is 7.50. The first kappa shape index (κ1) is 24.9. The van der Waals surface area contributed by atoms with E-state index in [9.17, 15) is 14.7 Å². The topological polar surface area (TPSA) is 118 Å². The molecule has 0 unspecified atom stereocenters. The molecular formula is C29H25N5O4S. The first-order valence-electron chi connectivity index (χ1n) is 12.6. The number of aryl methyl sites for hydroxylation is 1. The van der Waals surface area contributed by atoms with E-state index in [1.807, 2.05) is 55.5 Å². The maximum absolute atomic E-state index is 13.5. The maximum Gasteiger partial charge on any atom is 0.343 e. The summed E-state index contributed by atoms with van der Waals surface area (Å²) in [6.07, 6.45) is 1.76. The number of rotatable bonds is 4. The normalized spacial score (nSPS) is 17.5. The van der Waals surface area contributed by atoms with Crippen LogP contribution in [0, 0.1) is 6.92 Å². The highest BCUT2D eigenvalue weighted by Crippen LogP contribution is 2.39. The number of nitrogens with zero attached hydrogens (tertiary/aromatic N) is 3. The number of aliphatic hydroxyl groups is 1. The van der Waals surface area contributed by atoms with Crippen molar-refractivity contribution in [2.24, 2.45) is 5.10 Å². The maximum atomic E-state index is 13.5. The minimum absolute atomic E-state index is 0.0832. The van der Waals surface area contributed by atoms with Crippen molar-refractivity contribution < 1.29 is 14.6 Å². The lowest BCUT2D eigenvalue weighted by molar-refractivity contribution is -0.172. The van der Waals surface area contributed by atoms with Gasteiger partial charge < -0.3 is 19.7 Å². The van der Waals surface area contributed by atoms with Gasteiger partial charge in [-0.05, 0) is 49.8 Å². The number of nitrogens with one attached hydrogen (secondary N) is 2. The number of anilines is 1. The van der Waals surface area contributed by atoms with Gasteiger partial charge in [-0.3, -0.25) is 10.2 Å². The zero-order valence-corrected chi connectivity index (χ0v) is 22.1. The number of hydrogen-bond donors (Lipinski definition) is 3. The monoisotopic (exact) mass is 539 g/mol. The Morgan fingerprint density at radius 2 is 1.97 bits per heavy atom. The smallest absolute Gasteiger partial charge is 0.343 e. The summed E-state index contributed by atoms with van der Waals surface area (Å²) in [5, 5.41) is 19.8. The zero-order valence-electron chi connectivity index (χ0n) is 21.3. The fourth-order valence-corrected chi connectivity index (χ4v) is 5.33. The van der Waals surface area contributed by atoms with Gasteiger partial charge in [0.15, 0.2) is 10.7 Å². The van der Waals surface area contributed by atoms with Crippen molar-refractivity contribution in [2.75, 3.05) is 5.32 Å². The quantitative estimate of drug-likeness (QED) is 0.137. The van der Waals surface area contributed by atoms with Gasteiger partial charge in [0.05, 0.1) is 35.2 Å². The molecule has 1 atom stereocenters. The molecule has 0 fully saturated rings. The number of ether oxygens (including phenoxy) is 1. The Bertz CT molecular complexity index is 1760. The van der Waals surface area contributed by atoms with Gasteiger partial charge in [0.2, 0.25) is 0 Å². The fraction of sp³-hybridized carbons (Fsp3) is 0.207. The zero-order chi connectivity index (χ0) is 27.3. The summed E-state index contributed by atoms with van der Waals surface area (Å²) < 4.78 is 6.78. The highest BCUT2D eigenvalue weighted by molar-refractivity contribution is 7.80. The third kappa shape index (κ3) is 4.08. The van der Waals surface area contributed by atoms with E-state index in [-0.39, 0.29) is 36.3 Å². The number of hydrazone groups is 1. The van der Waals surface area contributed by atoms with Gasteiger partial charge in [-0.1, -0.05) is 42.8 Å². The van der Waals surface area contributed by atoms with Crippen LogP contribution < -0.4 is 16.3 Å². The number of esters is 1. The van der Waals surface area contributed by atoms with E-state index < -0.39 is 11.6 Å². The van der Waals surface area contributed by atoms with Crippen LogP contribution in [0.2, 0.25) is 0 Å². The number of fused-ring (bicyclic) bond motifs is 5. The highest BCUT2D eigenvalue weighted by Gasteiger charge is 2.45. The van der Waals surface area contributed by atoms with Gasteiger partial charge in [0.1, 0.15) is 6.61 Å². The Kier molecular flexibility index (Phi) is 6.00. The predicted octanol–water partition coefficient (Wildman–Crippen LogP) is 3.71. The number of carbonyl (C=O) groups excluding carboxylic acids is 1. The number of thiocarbonyl (C=S) groups is 1. The lowest BCUT2D eigenvalue weighted by Crippen LogP contribution is -2.44. The van der Waals surface area contributed by atoms with Crippen molar-refractivity contribution in [3.63, 3.8) is 0 Å². The number of carbonyl (C=O) groups is 1. The number of cyclic esters (lactones) is 1. The Morgan fingerprint density at radius 3 is 2.74 bits per heavy atom. The van der Waals surface area contributed by atoms with Crippen LogP contribution in [0.4, 0.5) is 5.69 Å². The molecule has 0 radical (unpaired) electrons. The standard InChI is InChI=1S/C29H25N5O4S/c1-3-29(37)22-12-24-25-20(14-34(24)26(35)21(22)15-38-27(29)36)19(18-6-4-5-7-23(18)32-25)13-30-33-28(39)31-17-10-8-16(2)9-11-17/h4-13,37H,3,14-15H2,1-2H3,(H2,31,33,39)/b30-13-/t29-/m0/s1. The summed E-state index contributed by atoms with van der Waals surface area (Å²) in [5.41, 5.74) is 6.70. The average Bonchev–Trinajstić information content (AvgIpc) is 3.30. The van der Waals surface area contributed by atoms with Crippen molar-refractivity contribution in [2.45, 2.75) is 39.0 Å². The van der Waals surface area contributed by atoms with Crippen LogP contribution in [-0.2, 0) is 28.3 Å². The molecule has 2 aliphatic heterocycles. The summed E-state index contributed by atoms with van der Waals surface area (Å²) in [7, 11) is 0. The molecule has 0 aliphatic carbocycles. The van der Waals surface area contributed by atoms with E-state index in [4.69, 9.17) is 21.9 Å². The van der Waals surface area contributed by atoms with E-state index in [1.54, 1.807) is 23.8 Å². The van der Waals surface area contributed by atoms with Gasteiger partial charge in [-0.15, -0.1) is 0 Å². The molecule has 0 bridgehead atoms. The number of aromatic nitrogens is 2. The van der Waals surface area contributed by atoms with Crippen LogP contribution in [-0.4, -0.2) is 32.0 Å². The van der Waals surface area contributed by atoms with Crippen LogP contribution in [0.1, 0.15) is 41.2 Å². The SMILES string of the molecule is CC[C@@]1(O)C(=O)OCc2c1cc1n(c2=O)Cc2c-1nc1ccccc1c2/C=N\NC(=S)Nc1ccc(C)cc1. The van der Waals surface area contributed by atoms with Crippen molar-refractivity contribution in [1.82, 2.24) is 15.0 Å². The molecule has 2 aliphatic rings. The van der Waals surface area contributed by atoms with E-state index in [0.717, 1.165) is 33.3 Å². The van der Waals surface area contributed by atoms with Crippen molar-refractivity contribution >= 4 is 46.1 Å². The lowest BCUT2D eigenvalue weighted by atomic mass is 9.86. The number of benzene rings is 2. The molecule has 0 spiro atoms. The Balaban J connectivity index is 1.41. The molecule has 2 aromatic heterocycles. The molecule has 3 N–H and O–H groups in total. The molecule has 9 nitrogen and oxygen atoms in total. The minimum Gasteiger partial charge on any atom is -0.458 e. The van der Waals surface area contributed by atoms with Crippen LogP contribution in [0.15, 0.2) is 64.5 Å². The summed E-state index contributed by atoms with van der Waals surface area (Å²) >= 11 is 5.40. The fourth-order valence-electron chi connectivity index (χ4n) is 5.16. The molecule has 4 heterocycles. The summed E-state index contributed by atoms with van der Waals surface area (Å²) in [5.74, 6) is -0.749. The molecule has 39 heavy (non-hydrogen) atoms. The Hall–Kier alpha value is -4.41.